The molecule has 1 atom stereocenters. The van der Waals surface area contributed by atoms with Gasteiger partial charge in [0.2, 0.25) is 0 Å². The maximum Gasteiger partial charge on any atom is 0.345 e. The van der Waals surface area contributed by atoms with Crippen molar-refractivity contribution in [2.75, 3.05) is 13.2 Å². The van der Waals surface area contributed by atoms with Gasteiger partial charge in [-0.1, -0.05) is 48.9 Å². The molecule has 0 aromatic heterocycles. The lowest BCUT2D eigenvalue weighted by molar-refractivity contribution is -0.385. The monoisotopic (exact) mass is 376 g/mol. The Morgan fingerprint density at radius 2 is 1.92 bits per heavy atom. The van der Waals surface area contributed by atoms with Crippen LogP contribution in [0.25, 0.3) is 0 Å². The lowest BCUT2D eigenvalue weighted by Gasteiger charge is -2.13. The molecule has 0 bridgehead atoms. The molecule has 1 N–H and O–H groups in total. The maximum absolute atomic E-state index is 12.0. The number of hydrogen-bond acceptors (Lipinski definition) is 5. The largest absolute Gasteiger partial charge is 0.452 e. The second kappa shape index (κ2) is 8.96. The van der Waals surface area contributed by atoms with Crippen LogP contribution < -0.4 is 5.32 Å². The highest BCUT2D eigenvalue weighted by Gasteiger charge is 2.22. The molecular weight excluding hydrogens is 360 g/mol. The summed E-state index contributed by atoms with van der Waals surface area (Å²) in [6, 6.07) is 13.2. The fraction of sp³-hybridized carbons (Fsp3) is 0.222. The summed E-state index contributed by atoms with van der Waals surface area (Å²) in [5.41, 5.74) is 0.338. The van der Waals surface area contributed by atoms with E-state index in [0.29, 0.717) is 6.54 Å². The van der Waals surface area contributed by atoms with Crippen molar-refractivity contribution in [3.8, 4) is 0 Å². The molecule has 0 unspecified atom stereocenters. The zero-order valence-electron chi connectivity index (χ0n) is 14.0. The van der Waals surface area contributed by atoms with Crippen LogP contribution in [0.15, 0.2) is 48.5 Å². The molecule has 0 radical (unpaired) electrons. The molecule has 2 aromatic carbocycles. The van der Waals surface area contributed by atoms with Gasteiger partial charge in [-0.15, -0.1) is 0 Å². The van der Waals surface area contributed by atoms with Gasteiger partial charge in [0.15, 0.2) is 6.61 Å². The molecular formula is C18H17ClN2O5. The normalized spacial score (nSPS) is 11.5. The Morgan fingerprint density at radius 1 is 1.23 bits per heavy atom. The number of nitrogens with zero attached hydrogens (tertiary/aromatic N) is 1. The van der Waals surface area contributed by atoms with Crippen molar-refractivity contribution in [3.05, 3.63) is 74.8 Å². The fourth-order valence-electron chi connectivity index (χ4n) is 2.26. The number of benzene rings is 2. The Hall–Kier alpha value is -2.93. The van der Waals surface area contributed by atoms with Gasteiger partial charge in [0.1, 0.15) is 5.56 Å². The van der Waals surface area contributed by atoms with E-state index in [4.69, 9.17) is 16.3 Å². The van der Waals surface area contributed by atoms with E-state index in [1.54, 1.807) is 0 Å². The number of nitro groups is 1. The molecule has 0 fully saturated rings. The van der Waals surface area contributed by atoms with Gasteiger partial charge < -0.3 is 10.1 Å². The third-order valence-electron chi connectivity index (χ3n) is 3.68. The highest BCUT2D eigenvalue weighted by molar-refractivity contribution is 6.31. The van der Waals surface area contributed by atoms with Crippen LogP contribution in [0.3, 0.4) is 0 Å². The van der Waals surface area contributed by atoms with E-state index in [0.717, 1.165) is 17.7 Å². The average molecular weight is 377 g/mol. The Labute approximate surface area is 155 Å². The summed E-state index contributed by atoms with van der Waals surface area (Å²) in [5, 5.41) is 13.8. The topological polar surface area (TPSA) is 98.5 Å². The van der Waals surface area contributed by atoms with Gasteiger partial charge in [-0.2, -0.15) is 0 Å². The molecule has 0 aliphatic rings. The molecule has 2 rings (SSSR count). The van der Waals surface area contributed by atoms with Crippen molar-refractivity contribution in [2.45, 2.75) is 12.8 Å². The summed E-state index contributed by atoms with van der Waals surface area (Å²) in [6.45, 7) is 1.79. The molecule has 2 aromatic rings. The lowest BCUT2D eigenvalue weighted by Crippen LogP contribution is -2.31. The quantitative estimate of drug-likeness (QED) is 0.454. The van der Waals surface area contributed by atoms with Crippen LogP contribution in [-0.2, 0) is 9.53 Å². The predicted octanol–water partition coefficient (Wildman–Crippen LogP) is 3.32. The van der Waals surface area contributed by atoms with Crippen LogP contribution in [0.5, 0.6) is 0 Å². The molecule has 0 spiro atoms. The third kappa shape index (κ3) is 5.29. The third-order valence-corrected chi connectivity index (χ3v) is 3.92. The Bertz CT molecular complexity index is 810. The minimum Gasteiger partial charge on any atom is -0.452 e. The molecule has 0 aliphatic carbocycles. The van der Waals surface area contributed by atoms with Crippen LogP contribution in [-0.4, -0.2) is 30.0 Å². The lowest BCUT2D eigenvalue weighted by atomic mass is 10.0. The number of hydrogen-bond donors (Lipinski definition) is 1. The van der Waals surface area contributed by atoms with Crippen molar-refractivity contribution in [2.24, 2.45) is 0 Å². The first kappa shape index (κ1) is 19.4. The maximum atomic E-state index is 12.0. The SMILES string of the molecule is C[C@H](CNC(=O)COC(=O)c1cc(Cl)ccc1[N+](=O)[O-])c1ccccc1. The number of esters is 1. The number of amides is 1. The van der Waals surface area contributed by atoms with Crippen molar-refractivity contribution >= 4 is 29.2 Å². The number of ether oxygens (including phenoxy) is 1. The minimum absolute atomic E-state index is 0.0878. The molecule has 0 aliphatic heterocycles. The van der Waals surface area contributed by atoms with Crippen LogP contribution >= 0.6 is 11.6 Å². The second-order valence-electron chi connectivity index (χ2n) is 5.61. The highest BCUT2D eigenvalue weighted by atomic mass is 35.5. The first-order valence-corrected chi connectivity index (χ1v) is 8.19. The number of nitro benzene ring substituents is 1. The summed E-state index contributed by atoms with van der Waals surface area (Å²) in [5.74, 6) is -1.39. The molecule has 0 heterocycles. The summed E-state index contributed by atoms with van der Waals surface area (Å²) < 4.78 is 4.86. The van der Waals surface area contributed by atoms with Crippen molar-refractivity contribution in [1.82, 2.24) is 5.32 Å². The Morgan fingerprint density at radius 3 is 2.58 bits per heavy atom. The Kier molecular flexibility index (Phi) is 6.68. The zero-order chi connectivity index (χ0) is 19.1. The number of halogens is 1. The number of nitrogens with one attached hydrogen (secondary N) is 1. The minimum atomic E-state index is -0.981. The summed E-state index contributed by atoms with van der Waals surface area (Å²) in [7, 11) is 0. The summed E-state index contributed by atoms with van der Waals surface area (Å²) >= 11 is 5.76. The van der Waals surface area contributed by atoms with E-state index in [-0.39, 0.29) is 16.5 Å². The molecule has 136 valence electrons. The van der Waals surface area contributed by atoms with E-state index in [9.17, 15) is 19.7 Å². The van der Waals surface area contributed by atoms with Gasteiger partial charge in [0, 0.05) is 17.6 Å². The number of carbonyl (C=O) groups excluding carboxylic acids is 2. The van der Waals surface area contributed by atoms with E-state index in [1.165, 1.54) is 6.07 Å². The first-order chi connectivity index (χ1) is 12.4. The zero-order valence-corrected chi connectivity index (χ0v) is 14.7. The van der Waals surface area contributed by atoms with E-state index in [1.807, 2.05) is 37.3 Å². The molecule has 1 amide bonds. The predicted molar refractivity (Wildman–Crippen MR) is 96.3 cm³/mol. The number of rotatable bonds is 7. The van der Waals surface area contributed by atoms with Gasteiger partial charge in [-0.3, -0.25) is 14.9 Å². The first-order valence-electron chi connectivity index (χ1n) is 7.81. The molecule has 0 saturated heterocycles. The van der Waals surface area contributed by atoms with Gasteiger partial charge >= 0.3 is 5.97 Å². The summed E-state index contributed by atoms with van der Waals surface area (Å²) in [6.07, 6.45) is 0. The average Bonchev–Trinajstić information content (AvgIpc) is 2.64. The molecule has 7 nitrogen and oxygen atoms in total. The van der Waals surface area contributed by atoms with Crippen molar-refractivity contribution in [3.63, 3.8) is 0 Å². The smallest absolute Gasteiger partial charge is 0.345 e. The molecule has 0 saturated carbocycles. The van der Waals surface area contributed by atoms with Gasteiger partial charge in [-0.25, -0.2) is 4.79 Å². The van der Waals surface area contributed by atoms with Gasteiger partial charge in [0.05, 0.1) is 4.92 Å². The highest BCUT2D eigenvalue weighted by Crippen LogP contribution is 2.23. The Balaban J connectivity index is 1.88. The summed E-state index contributed by atoms with van der Waals surface area (Å²) in [4.78, 5) is 34.1. The van der Waals surface area contributed by atoms with Gasteiger partial charge in [-0.05, 0) is 23.6 Å². The number of carbonyl (C=O) groups is 2. The second-order valence-corrected chi connectivity index (χ2v) is 6.05. The fourth-order valence-corrected chi connectivity index (χ4v) is 2.43. The molecule has 26 heavy (non-hydrogen) atoms. The van der Waals surface area contributed by atoms with E-state index in [2.05, 4.69) is 5.32 Å². The van der Waals surface area contributed by atoms with E-state index >= 15 is 0 Å². The van der Waals surface area contributed by atoms with E-state index < -0.39 is 29.1 Å². The van der Waals surface area contributed by atoms with Crippen LogP contribution in [0.4, 0.5) is 5.69 Å². The van der Waals surface area contributed by atoms with Crippen molar-refractivity contribution < 1.29 is 19.2 Å². The van der Waals surface area contributed by atoms with Crippen LogP contribution in [0.2, 0.25) is 5.02 Å². The van der Waals surface area contributed by atoms with Gasteiger partial charge in [0.25, 0.3) is 11.6 Å². The standard InChI is InChI=1S/C18H17ClN2O5/c1-12(13-5-3-2-4-6-13)10-20-17(22)11-26-18(23)15-9-14(19)7-8-16(15)21(24)25/h2-9,12H,10-11H2,1H3,(H,20,22)/t12-/m1/s1. The van der Waals surface area contributed by atoms with Crippen LogP contribution in [0.1, 0.15) is 28.8 Å². The van der Waals surface area contributed by atoms with Crippen LogP contribution in [0, 0.1) is 10.1 Å². The molecule has 8 heteroatoms. The van der Waals surface area contributed by atoms with Crippen molar-refractivity contribution in [1.29, 1.82) is 0 Å².